The smallest absolute Gasteiger partial charge is 0.254 e. The Hall–Kier alpha value is -2.43. The van der Waals surface area contributed by atoms with E-state index in [1.165, 1.54) is 0 Å². The number of carbonyl (C=O) groups excluding carboxylic acids is 2. The van der Waals surface area contributed by atoms with E-state index in [0.29, 0.717) is 17.5 Å². The van der Waals surface area contributed by atoms with Crippen LogP contribution in [0.25, 0.3) is 0 Å². The zero-order valence-electron chi connectivity index (χ0n) is 16.0. The lowest BCUT2D eigenvalue weighted by molar-refractivity contribution is 0.0907. The third-order valence-corrected chi connectivity index (χ3v) is 4.81. The molecule has 0 saturated heterocycles. The van der Waals surface area contributed by atoms with Gasteiger partial charge >= 0.3 is 0 Å². The molecular weight excluding hydrogens is 326 g/mol. The monoisotopic (exact) mass is 353 g/mol. The predicted octanol–water partition coefficient (Wildman–Crippen LogP) is 4.14. The summed E-state index contributed by atoms with van der Waals surface area (Å²) >= 11 is 0. The average Bonchev–Trinajstić information content (AvgIpc) is 2.91. The fourth-order valence-electron chi connectivity index (χ4n) is 3.70. The summed E-state index contributed by atoms with van der Waals surface area (Å²) < 4.78 is 0. The summed E-state index contributed by atoms with van der Waals surface area (Å²) in [6.07, 6.45) is 6.48. The van der Waals surface area contributed by atoms with Gasteiger partial charge in [0, 0.05) is 30.2 Å². The van der Waals surface area contributed by atoms with Crippen molar-refractivity contribution in [1.82, 2.24) is 15.3 Å². The van der Waals surface area contributed by atoms with E-state index in [0.717, 1.165) is 36.2 Å². The van der Waals surface area contributed by atoms with E-state index in [2.05, 4.69) is 36.1 Å². The summed E-state index contributed by atoms with van der Waals surface area (Å²) in [5, 5.41) is 3.15. The van der Waals surface area contributed by atoms with Gasteiger partial charge in [0.1, 0.15) is 0 Å². The van der Waals surface area contributed by atoms with E-state index in [4.69, 9.17) is 0 Å². The minimum Gasteiger partial charge on any atom is -0.361 e. The number of fused-ring (bicyclic) bond motifs is 1. The Kier molecular flexibility index (Phi) is 4.99. The quantitative estimate of drug-likeness (QED) is 0.867. The minimum atomic E-state index is -0.187. The van der Waals surface area contributed by atoms with Crippen LogP contribution in [0.3, 0.4) is 0 Å². The van der Waals surface area contributed by atoms with Crippen molar-refractivity contribution in [2.75, 3.05) is 0 Å². The van der Waals surface area contributed by atoms with Gasteiger partial charge in [-0.3, -0.25) is 14.6 Å². The number of pyridine rings is 1. The molecule has 0 aromatic carbocycles. The fourth-order valence-corrected chi connectivity index (χ4v) is 3.70. The van der Waals surface area contributed by atoms with Crippen LogP contribution in [0.15, 0.2) is 24.5 Å². The molecule has 2 aromatic heterocycles. The SMILES string of the molecule is Cc1[nH]c2c(c1C(=O)N[C@H](CC(C)(C)C)c1cccnc1)C(=O)CCC2. The summed E-state index contributed by atoms with van der Waals surface area (Å²) in [6.45, 7) is 8.31. The van der Waals surface area contributed by atoms with Crippen LogP contribution in [0.2, 0.25) is 0 Å². The van der Waals surface area contributed by atoms with Crippen LogP contribution in [-0.4, -0.2) is 21.7 Å². The van der Waals surface area contributed by atoms with Gasteiger partial charge in [-0.2, -0.15) is 0 Å². The number of aryl methyl sites for hydroxylation is 2. The molecule has 0 aliphatic heterocycles. The average molecular weight is 353 g/mol. The maximum absolute atomic E-state index is 13.1. The molecule has 2 aromatic rings. The molecule has 2 N–H and O–H groups in total. The molecule has 1 aliphatic carbocycles. The van der Waals surface area contributed by atoms with Crippen LogP contribution in [0.5, 0.6) is 0 Å². The van der Waals surface area contributed by atoms with Crippen molar-refractivity contribution in [3.05, 3.63) is 52.6 Å². The zero-order chi connectivity index (χ0) is 18.9. The van der Waals surface area contributed by atoms with Gasteiger partial charge in [-0.1, -0.05) is 26.8 Å². The Morgan fingerprint density at radius 1 is 1.35 bits per heavy atom. The van der Waals surface area contributed by atoms with Gasteiger partial charge in [-0.05, 0) is 43.2 Å². The molecule has 0 unspecified atom stereocenters. The van der Waals surface area contributed by atoms with Crippen LogP contribution in [0.4, 0.5) is 0 Å². The van der Waals surface area contributed by atoms with Crippen molar-refractivity contribution in [3.63, 3.8) is 0 Å². The summed E-state index contributed by atoms with van der Waals surface area (Å²) in [7, 11) is 0. The fraction of sp³-hybridized carbons (Fsp3) is 0.476. The molecule has 1 amide bonds. The number of carbonyl (C=O) groups is 2. The summed E-state index contributed by atoms with van der Waals surface area (Å²) in [5.41, 5.74) is 3.78. The van der Waals surface area contributed by atoms with E-state index in [1.807, 2.05) is 19.1 Å². The molecule has 1 aliphatic rings. The third kappa shape index (κ3) is 3.87. The molecule has 0 spiro atoms. The Balaban J connectivity index is 1.92. The third-order valence-electron chi connectivity index (χ3n) is 4.81. The van der Waals surface area contributed by atoms with Crippen LogP contribution in [0, 0.1) is 12.3 Å². The number of H-pyrrole nitrogens is 1. The van der Waals surface area contributed by atoms with Crippen LogP contribution in [-0.2, 0) is 6.42 Å². The van der Waals surface area contributed by atoms with Gasteiger partial charge in [-0.25, -0.2) is 0 Å². The second-order valence-electron chi connectivity index (χ2n) is 8.33. The molecular formula is C21H27N3O2. The molecule has 5 heteroatoms. The molecule has 0 bridgehead atoms. The number of amides is 1. The van der Waals surface area contributed by atoms with Gasteiger partial charge in [0.25, 0.3) is 5.91 Å². The van der Waals surface area contributed by atoms with Crippen molar-refractivity contribution in [1.29, 1.82) is 0 Å². The molecule has 0 saturated carbocycles. The Bertz CT molecular complexity index is 816. The highest BCUT2D eigenvalue weighted by Crippen LogP contribution is 2.31. The van der Waals surface area contributed by atoms with E-state index in [1.54, 1.807) is 12.4 Å². The summed E-state index contributed by atoms with van der Waals surface area (Å²) in [6, 6.07) is 3.71. The molecule has 0 fully saturated rings. The number of rotatable bonds is 4. The van der Waals surface area contributed by atoms with Crippen LogP contribution in [0.1, 0.15) is 83.7 Å². The lowest BCUT2D eigenvalue weighted by Crippen LogP contribution is -2.32. The van der Waals surface area contributed by atoms with Crippen molar-refractivity contribution >= 4 is 11.7 Å². The van der Waals surface area contributed by atoms with E-state index in [9.17, 15) is 9.59 Å². The van der Waals surface area contributed by atoms with Gasteiger partial charge in [-0.15, -0.1) is 0 Å². The highest BCUT2D eigenvalue weighted by Gasteiger charge is 2.30. The topological polar surface area (TPSA) is 74.8 Å². The number of Topliss-reactive ketones (excluding diaryl/α,β-unsaturated/α-hetero) is 1. The number of ketones is 1. The van der Waals surface area contributed by atoms with Gasteiger partial charge in [0.2, 0.25) is 0 Å². The second kappa shape index (κ2) is 7.06. The molecule has 3 rings (SSSR count). The van der Waals surface area contributed by atoms with Crippen molar-refractivity contribution in [3.8, 4) is 0 Å². The Morgan fingerprint density at radius 3 is 2.77 bits per heavy atom. The normalized spacial score (nSPS) is 15.5. The highest BCUT2D eigenvalue weighted by atomic mass is 16.2. The van der Waals surface area contributed by atoms with E-state index in [-0.39, 0.29) is 23.1 Å². The molecule has 26 heavy (non-hydrogen) atoms. The predicted molar refractivity (Wildman–Crippen MR) is 101 cm³/mol. The van der Waals surface area contributed by atoms with Crippen molar-refractivity contribution in [2.45, 2.75) is 59.4 Å². The van der Waals surface area contributed by atoms with Gasteiger partial charge < -0.3 is 10.3 Å². The first-order chi connectivity index (χ1) is 12.3. The number of hydrogen-bond acceptors (Lipinski definition) is 3. The highest BCUT2D eigenvalue weighted by molar-refractivity contribution is 6.10. The molecule has 2 heterocycles. The van der Waals surface area contributed by atoms with Gasteiger partial charge in [0.05, 0.1) is 17.2 Å². The first-order valence-electron chi connectivity index (χ1n) is 9.21. The van der Waals surface area contributed by atoms with Crippen molar-refractivity contribution < 1.29 is 9.59 Å². The lowest BCUT2D eigenvalue weighted by Gasteiger charge is -2.27. The minimum absolute atomic E-state index is 0.0379. The largest absolute Gasteiger partial charge is 0.361 e. The number of hydrogen-bond donors (Lipinski definition) is 2. The summed E-state index contributed by atoms with van der Waals surface area (Å²) in [4.78, 5) is 32.9. The Labute approximate surface area is 154 Å². The number of aromatic amines is 1. The Morgan fingerprint density at radius 2 is 2.12 bits per heavy atom. The second-order valence-corrected chi connectivity index (χ2v) is 8.33. The zero-order valence-corrected chi connectivity index (χ0v) is 16.0. The lowest BCUT2D eigenvalue weighted by atomic mass is 9.85. The van der Waals surface area contributed by atoms with Crippen molar-refractivity contribution in [2.24, 2.45) is 5.41 Å². The molecule has 138 valence electrons. The number of nitrogens with zero attached hydrogens (tertiary/aromatic N) is 1. The first-order valence-corrected chi connectivity index (χ1v) is 9.21. The van der Waals surface area contributed by atoms with Crippen LogP contribution >= 0.6 is 0 Å². The maximum atomic E-state index is 13.1. The van der Waals surface area contributed by atoms with Gasteiger partial charge in [0.15, 0.2) is 5.78 Å². The molecule has 1 atom stereocenters. The maximum Gasteiger partial charge on any atom is 0.254 e. The van der Waals surface area contributed by atoms with E-state index < -0.39 is 0 Å². The van der Waals surface area contributed by atoms with Crippen LogP contribution < -0.4 is 5.32 Å². The number of aromatic nitrogens is 2. The number of nitrogens with one attached hydrogen (secondary N) is 2. The van der Waals surface area contributed by atoms with E-state index >= 15 is 0 Å². The summed E-state index contributed by atoms with van der Waals surface area (Å²) in [5.74, 6) is -0.122. The standard InChI is InChI=1S/C21H27N3O2/c1-13-18(19-15(23-13)8-5-9-17(19)25)20(26)24-16(11-21(2,3)4)14-7-6-10-22-12-14/h6-7,10,12,16,23H,5,8-9,11H2,1-4H3,(H,24,26)/t16-/m1/s1. The first kappa shape index (κ1) is 18.4. The molecule has 0 radical (unpaired) electrons. The molecule has 5 nitrogen and oxygen atoms in total.